The van der Waals surface area contributed by atoms with Gasteiger partial charge in [0.25, 0.3) is 5.91 Å². The van der Waals surface area contributed by atoms with Gasteiger partial charge in [0, 0.05) is 31.0 Å². The first-order valence-electron chi connectivity index (χ1n) is 7.43. The molecule has 0 radical (unpaired) electrons. The summed E-state index contributed by atoms with van der Waals surface area (Å²) in [7, 11) is 1.65. The summed E-state index contributed by atoms with van der Waals surface area (Å²) in [6, 6.07) is 6.92. The minimum Gasteiger partial charge on any atom is -0.385 e. The molecule has 0 saturated heterocycles. The third-order valence-electron chi connectivity index (χ3n) is 2.84. The van der Waals surface area contributed by atoms with Gasteiger partial charge in [0.15, 0.2) is 0 Å². The van der Waals surface area contributed by atoms with E-state index in [0.717, 1.165) is 13.0 Å². The highest BCUT2D eigenvalue weighted by atomic mass is 16.5. The molecule has 0 atom stereocenters. The van der Waals surface area contributed by atoms with E-state index in [1.54, 1.807) is 31.4 Å². The second-order valence-electron chi connectivity index (χ2n) is 5.28. The first-order valence-corrected chi connectivity index (χ1v) is 7.43. The Hall–Kier alpha value is -1.92. The molecule has 1 aromatic rings. The van der Waals surface area contributed by atoms with Crippen molar-refractivity contribution in [2.24, 2.45) is 0 Å². The third kappa shape index (κ3) is 7.19. The molecule has 0 bridgehead atoms. The second-order valence-corrected chi connectivity index (χ2v) is 5.28. The number of hydrogen-bond acceptors (Lipinski definition) is 4. The maximum Gasteiger partial charge on any atom is 0.251 e. The topological polar surface area (TPSA) is 79.5 Å². The van der Waals surface area contributed by atoms with Gasteiger partial charge in [0.2, 0.25) is 5.91 Å². The highest BCUT2D eigenvalue weighted by Crippen LogP contribution is 2.09. The van der Waals surface area contributed by atoms with Crippen LogP contribution in [0.5, 0.6) is 0 Å². The average molecular weight is 307 g/mol. The molecule has 2 amide bonds. The molecule has 6 heteroatoms. The zero-order chi connectivity index (χ0) is 16.4. The number of carbonyl (C=O) groups is 2. The summed E-state index contributed by atoms with van der Waals surface area (Å²) in [5.41, 5.74) is 1.24. The first kappa shape index (κ1) is 18.1. The molecular formula is C16H25N3O3. The van der Waals surface area contributed by atoms with Gasteiger partial charge in [-0.15, -0.1) is 0 Å². The lowest BCUT2D eigenvalue weighted by Gasteiger charge is -2.10. The van der Waals surface area contributed by atoms with E-state index in [2.05, 4.69) is 16.0 Å². The second kappa shape index (κ2) is 9.92. The van der Waals surface area contributed by atoms with Crippen LogP contribution in [-0.2, 0) is 9.53 Å². The van der Waals surface area contributed by atoms with Gasteiger partial charge in [-0.1, -0.05) is 0 Å². The number of benzene rings is 1. The van der Waals surface area contributed by atoms with Crippen molar-refractivity contribution in [3.8, 4) is 0 Å². The molecule has 0 unspecified atom stereocenters. The van der Waals surface area contributed by atoms with Crippen molar-refractivity contribution < 1.29 is 14.3 Å². The highest BCUT2D eigenvalue weighted by Gasteiger charge is 2.07. The van der Waals surface area contributed by atoms with Gasteiger partial charge in [-0.2, -0.15) is 0 Å². The van der Waals surface area contributed by atoms with Crippen LogP contribution in [0.3, 0.4) is 0 Å². The Morgan fingerprint density at radius 2 is 1.86 bits per heavy atom. The molecule has 0 aliphatic carbocycles. The van der Waals surface area contributed by atoms with Crippen LogP contribution in [0.1, 0.15) is 30.6 Å². The Morgan fingerprint density at radius 1 is 1.18 bits per heavy atom. The lowest BCUT2D eigenvalue weighted by atomic mass is 10.2. The van der Waals surface area contributed by atoms with Crippen LogP contribution in [-0.4, -0.2) is 44.7 Å². The summed E-state index contributed by atoms with van der Waals surface area (Å²) in [4.78, 5) is 23.5. The number of nitrogens with one attached hydrogen (secondary N) is 3. The zero-order valence-corrected chi connectivity index (χ0v) is 13.4. The van der Waals surface area contributed by atoms with Gasteiger partial charge < -0.3 is 20.7 Å². The largest absolute Gasteiger partial charge is 0.385 e. The lowest BCUT2D eigenvalue weighted by Crippen LogP contribution is -2.30. The molecule has 1 aromatic carbocycles. The van der Waals surface area contributed by atoms with Gasteiger partial charge in [-0.05, 0) is 51.1 Å². The van der Waals surface area contributed by atoms with Crippen molar-refractivity contribution in [2.45, 2.75) is 26.3 Å². The number of hydrogen-bond donors (Lipinski definition) is 3. The smallest absolute Gasteiger partial charge is 0.251 e. The normalized spacial score (nSPS) is 10.5. The summed E-state index contributed by atoms with van der Waals surface area (Å²) in [6.45, 7) is 5.47. The Bertz CT molecular complexity index is 472. The van der Waals surface area contributed by atoms with E-state index >= 15 is 0 Å². The third-order valence-corrected chi connectivity index (χ3v) is 2.84. The van der Waals surface area contributed by atoms with Crippen LogP contribution < -0.4 is 16.0 Å². The fraction of sp³-hybridized carbons (Fsp3) is 0.500. The van der Waals surface area contributed by atoms with E-state index in [9.17, 15) is 9.59 Å². The Morgan fingerprint density at radius 3 is 2.45 bits per heavy atom. The van der Waals surface area contributed by atoms with Crippen LogP contribution >= 0.6 is 0 Å². The van der Waals surface area contributed by atoms with E-state index < -0.39 is 0 Å². The van der Waals surface area contributed by atoms with E-state index in [1.807, 2.05) is 13.8 Å². The van der Waals surface area contributed by atoms with E-state index in [1.165, 1.54) is 0 Å². The number of amides is 2. The summed E-state index contributed by atoms with van der Waals surface area (Å²) < 4.78 is 4.93. The molecule has 0 aliphatic heterocycles. The van der Waals surface area contributed by atoms with Gasteiger partial charge in [-0.25, -0.2) is 0 Å². The van der Waals surface area contributed by atoms with Crippen molar-refractivity contribution in [3.63, 3.8) is 0 Å². The van der Waals surface area contributed by atoms with Gasteiger partial charge in [-0.3, -0.25) is 9.59 Å². The molecule has 0 fully saturated rings. The quantitative estimate of drug-likeness (QED) is 0.602. The molecule has 3 N–H and O–H groups in total. The molecule has 122 valence electrons. The fourth-order valence-corrected chi connectivity index (χ4v) is 1.80. The van der Waals surface area contributed by atoms with Crippen molar-refractivity contribution >= 4 is 17.5 Å². The van der Waals surface area contributed by atoms with E-state index in [0.29, 0.717) is 17.9 Å². The van der Waals surface area contributed by atoms with Crippen LogP contribution in [0.4, 0.5) is 5.69 Å². The predicted octanol–water partition coefficient (Wildman–Crippen LogP) is 1.39. The summed E-state index contributed by atoms with van der Waals surface area (Å²) in [5.74, 6) is -0.232. The number of anilines is 1. The Kier molecular flexibility index (Phi) is 8.17. The van der Waals surface area contributed by atoms with Crippen molar-refractivity contribution in [3.05, 3.63) is 29.8 Å². The van der Waals surface area contributed by atoms with Gasteiger partial charge in [0.1, 0.15) is 0 Å². The van der Waals surface area contributed by atoms with E-state index in [4.69, 9.17) is 4.74 Å². The highest BCUT2D eigenvalue weighted by molar-refractivity contribution is 5.96. The standard InChI is InChI=1S/C16H25N3O3/c1-12(2)18-16(21)13-5-7-14(8-6-13)19-15(20)11-17-9-4-10-22-3/h5-8,12,17H,4,9-11H2,1-3H3,(H,18,21)(H,19,20). The fourth-order valence-electron chi connectivity index (χ4n) is 1.80. The lowest BCUT2D eigenvalue weighted by molar-refractivity contribution is -0.115. The Labute approximate surface area is 131 Å². The molecule has 0 aromatic heterocycles. The minimum atomic E-state index is -0.118. The molecule has 6 nitrogen and oxygen atoms in total. The minimum absolute atomic E-state index is 0.0936. The summed E-state index contributed by atoms with van der Waals surface area (Å²) >= 11 is 0. The van der Waals surface area contributed by atoms with Gasteiger partial charge in [0.05, 0.1) is 6.54 Å². The maximum atomic E-state index is 11.8. The van der Waals surface area contributed by atoms with Crippen LogP contribution in [0.25, 0.3) is 0 Å². The molecule has 0 heterocycles. The maximum absolute atomic E-state index is 11.8. The van der Waals surface area contributed by atoms with E-state index in [-0.39, 0.29) is 24.4 Å². The van der Waals surface area contributed by atoms with Crippen LogP contribution in [0.2, 0.25) is 0 Å². The SMILES string of the molecule is COCCCNCC(=O)Nc1ccc(C(=O)NC(C)C)cc1. The number of ether oxygens (including phenoxy) is 1. The van der Waals surface area contributed by atoms with Crippen molar-refractivity contribution in [1.29, 1.82) is 0 Å². The van der Waals surface area contributed by atoms with Crippen molar-refractivity contribution in [2.75, 3.05) is 32.1 Å². The van der Waals surface area contributed by atoms with Crippen LogP contribution in [0, 0.1) is 0 Å². The molecular weight excluding hydrogens is 282 g/mol. The first-order chi connectivity index (χ1) is 10.5. The number of rotatable bonds is 9. The number of methoxy groups -OCH3 is 1. The summed E-state index contributed by atoms with van der Waals surface area (Å²) in [5, 5.41) is 8.63. The van der Waals surface area contributed by atoms with Gasteiger partial charge >= 0.3 is 0 Å². The molecule has 22 heavy (non-hydrogen) atoms. The zero-order valence-electron chi connectivity index (χ0n) is 13.4. The average Bonchev–Trinajstić information content (AvgIpc) is 2.47. The molecule has 0 aliphatic rings. The Balaban J connectivity index is 2.37. The van der Waals surface area contributed by atoms with Crippen molar-refractivity contribution in [1.82, 2.24) is 10.6 Å². The molecule has 0 saturated carbocycles. The predicted molar refractivity (Wildman–Crippen MR) is 87.0 cm³/mol. The summed E-state index contributed by atoms with van der Waals surface area (Å²) in [6.07, 6.45) is 0.865. The monoisotopic (exact) mass is 307 g/mol. The molecule has 0 spiro atoms. The molecule has 1 rings (SSSR count). The number of carbonyl (C=O) groups excluding carboxylic acids is 2. The van der Waals surface area contributed by atoms with Crippen LogP contribution in [0.15, 0.2) is 24.3 Å².